The Morgan fingerprint density at radius 1 is 1.08 bits per heavy atom. The number of benzene rings is 2. The minimum absolute atomic E-state index is 0.322. The fourth-order valence-electron chi connectivity index (χ4n) is 2.32. The Balaban J connectivity index is 2.15. The standard InChI is InChI=1S/C18H20N2O5/c1-11(21)16(18(23)20-24)19-17(22)13-8-6-12(7-9-13)14-4-3-5-15(10-14)25-2/h3-11,16,21,24H,1-2H3,(H,19,22)(H,20,23)/t11-,16+/m1/s1. The van der Waals surface area contributed by atoms with Crippen LogP contribution in [0.15, 0.2) is 48.5 Å². The van der Waals surface area contributed by atoms with E-state index in [0.717, 1.165) is 16.9 Å². The van der Waals surface area contributed by atoms with E-state index in [0.29, 0.717) is 5.56 Å². The van der Waals surface area contributed by atoms with Crippen molar-refractivity contribution in [3.05, 3.63) is 54.1 Å². The number of hydroxylamine groups is 1. The molecular weight excluding hydrogens is 324 g/mol. The average molecular weight is 344 g/mol. The topological polar surface area (TPSA) is 108 Å². The van der Waals surface area contributed by atoms with Crippen molar-refractivity contribution in [2.75, 3.05) is 7.11 Å². The van der Waals surface area contributed by atoms with Crippen molar-refractivity contribution in [1.29, 1.82) is 0 Å². The van der Waals surface area contributed by atoms with Gasteiger partial charge in [0, 0.05) is 5.56 Å². The van der Waals surface area contributed by atoms with E-state index in [1.807, 2.05) is 24.3 Å². The van der Waals surface area contributed by atoms with Crippen LogP contribution >= 0.6 is 0 Å². The highest BCUT2D eigenvalue weighted by atomic mass is 16.5. The van der Waals surface area contributed by atoms with E-state index in [1.165, 1.54) is 12.4 Å². The lowest BCUT2D eigenvalue weighted by Crippen LogP contribution is -2.51. The first-order valence-electron chi connectivity index (χ1n) is 7.63. The number of hydrogen-bond acceptors (Lipinski definition) is 5. The van der Waals surface area contributed by atoms with Crippen LogP contribution in [0.5, 0.6) is 5.75 Å². The molecule has 132 valence electrons. The summed E-state index contributed by atoms with van der Waals surface area (Å²) in [5.74, 6) is -0.697. The first kappa shape index (κ1) is 18.4. The van der Waals surface area contributed by atoms with Gasteiger partial charge in [0.05, 0.1) is 13.2 Å². The summed E-state index contributed by atoms with van der Waals surface area (Å²) < 4.78 is 5.19. The number of carbonyl (C=O) groups excluding carboxylic acids is 2. The molecular formula is C18H20N2O5. The molecule has 2 aromatic rings. The smallest absolute Gasteiger partial charge is 0.268 e. The second-order valence-electron chi connectivity index (χ2n) is 5.48. The molecule has 7 nitrogen and oxygen atoms in total. The van der Waals surface area contributed by atoms with E-state index in [1.54, 1.807) is 31.4 Å². The van der Waals surface area contributed by atoms with Gasteiger partial charge in [0.2, 0.25) is 0 Å². The van der Waals surface area contributed by atoms with Crippen molar-refractivity contribution in [3.63, 3.8) is 0 Å². The van der Waals surface area contributed by atoms with Gasteiger partial charge in [-0.2, -0.15) is 0 Å². The molecule has 0 aliphatic rings. The Hall–Kier alpha value is -2.90. The summed E-state index contributed by atoms with van der Waals surface area (Å²) in [6, 6.07) is 13.0. The van der Waals surface area contributed by atoms with E-state index in [2.05, 4.69) is 5.32 Å². The summed E-state index contributed by atoms with van der Waals surface area (Å²) in [5, 5.41) is 20.6. The Kier molecular flexibility index (Phi) is 6.10. The van der Waals surface area contributed by atoms with Crippen molar-refractivity contribution in [1.82, 2.24) is 10.8 Å². The summed E-state index contributed by atoms with van der Waals surface area (Å²) in [4.78, 5) is 23.7. The van der Waals surface area contributed by atoms with Gasteiger partial charge in [-0.25, -0.2) is 5.48 Å². The van der Waals surface area contributed by atoms with Gasteiger partial charge in [-0.15, -0.1) is 0 Å². The molecule has 4 N–H and O–H groups in total. The third-order valence-corrected chi connectivity index (χ3v) is 3.71. The average Bonchev–Trinajstić information content (AvgIpc) is 2.65. The lowest BCUT2D eigenvalue weighted by molar-refractivity contribution is -0.133. The molecule has 2 amide bonds. The van der Waals surface area contributed by atoms with E-state index in [-0.39, 0.29) is 0 Å². The third kappa shape index (κ3) is 4.56. The van der Waals surface area contributed by atoms with Gasteiger partial charge in [0.25, 0.3) is 11.8 Å². The van der Waals surface area contributed by atoms with Crippen molar-refractivity contribution in [2.45, 2.75) is 19.1 Å². The maximum atomic E-state index is 12.2. The van der Waals surface area contributed by atoms with Crippen LogP contribution in [0.4, 0.5) is 0 Å². The SMILES string of the molecule is COc1cccc(-c2ccc(C(=O)N[C@H](C(=O)NO)[C@@H](C)O)cc2)c1. The number of rotatable bonds is 6. The molecule has 0 saturated carbocycles. The van der Waals surface area contributed by atoms with Crippen LogP contribution in [0.25, 0.3) is 11.1 Å². The fourth-order valence-corrected chi connectivity index (χ4v) is 2.32. The van der Waals surface area contributed by atoms with Gasteiger partial charge in [-0.05, 0) is 42.3 Å². The van der Waals surface area contributed by atoms with Crippen molar-refractivity contribution >= 4 is 11.8 Å². The number of hydrogen-bond donors (Lipinski definition) is 4. The van der Waals surface area contributed by atoms with Crippen LogP contribution < -0.4 is 15.5 Å². The Morgan fingerprint density at radius 2 is 1.76 bits per heavy atom. The fraction of sp³-hybridized carbons (Fsp3) is 0.222. The number of methoxy groups -OCH3 is 1. The summed E-state index contributed by atoms with van der Waals surface area (Å²) in [7, 11) is 1.59. The largest absolute Gasteiger partial charge is 0.497 e. The summed E-state index contributed by atoms with van der Waals surface area (Å²) >= 11 is 0. The molecule has 0 bridgehead atoms. The van der Waals surface area contributed by atoms with Gasteiger partial charge >= 0.3 is 0 Å². The normalized spacial score (nSPS) is 12.8. The number of aliphatic hydroxyl groups is 1. The molecule has 2 aromatic carbocycles. The minimum atomic E-state index is -1.25. The molecule has 0 radical (unpaired) electrons. The molecule has 0 spiro atoms. The van der Waals surface area contributed by atoms with Gasteiger partial charge in [-0.3, -0.25) is 14.8 Å². The summed E-state index contributed by atoms with van der Waals surface area (Å²) in [5.41, 5.74) is 3.58. The Morgan fingerprint density at radius 3 is 2.32 bits per heavy atom. The first-order valence-corrected chi connectivity index (χ1v) is 7.63. The molecule has 7 heteroatoms. The molecule has 2 atom stereocenters. The molecule has 2 rings (SSSR count). The third-order valence-electron chi connectivity index (χ3n) is 3.71. The molecule has 0 fully saturated rings. The van der Waals surface area contributed by atoms with Gasteiger partial charge < -0.3 is 15.2 Å². The predicted molar refractivity (Wildman–Crippen MR) is 91.3 cm³/mol. The zero-order chi connectivity index (χ0) is 18.4. The highest BCUT2D eigenvalue weighted by molar-refractivity contribution is 5.97. The number of aliphatic hydroxyl groups excluding tert-OH is 1. The summed E-state index contributed by atoms with van der Waals surface area (Å²) in [6.45, 7) is 1.34. The highest BCUT2D eigenvalue weighted by Gasteiger charge is 2.25. The van der Waals surface area contributed by atoms with Gasteiger partial charge in [-0.1, -0.05) is 24.3 Å². The van der Waals surface area contributed by atoms with Crippen LogP contribution in [0.2, 0.25) is 0 Å². The molecule has 0 aliphatic heterocycles. The highest BCUT2D eigenvalue weighted by Crippen LogP contribution is 2.24. The Labute approximate surface area is 145 Å². The monoisotopic (exact) mass is 344 g/mol. The van der Waals surface area contributed by atoms with Crippen LogP contribution in [-0.4, -0.2) is 41.4 Å². The molecule has 0 unspecified atom stereocenters. The van der Waals surface area contributed by atoms with Crippen LogP contribution in [0.3, 0.4) is 0 Å². The lowest BCUT2D eigenvalue weighted by Gasteiger charge is -2.19. The predicted octanol–water partition coefficient (Wildman–Crippen LogP) is 1.35. The van der Waals surface area contributed by atoms with Crippen molar-refractivity contribution in [2.24, 2.45) is 0 Å². The van der Waals surface area contributed by atoms with Gasteiger partial charge in [0.1, 0.15) is 11.8 Å². The number of nitrogens with one attached hydrogen (secondary N) is 2. The minimum Gasteiger partial charge on any atom is -0.497 e. The second kappa shape index (κ2) is 8.27. The first-order chi connectivity index (χ1) is 12.0. The lowest BCUT2D eigenvalue weighted by atomic mass is 10.0. The zero-order valence-electron chi connectivity index (χ0n) is 13.9. The van der Waals surface area contributed by atoms with E-state index in [4.69, 9.17) is 9.94 Å². The zero-order valence-corrected chi connectivity index (χ0v) is 13.9. The molecule has 0 aliphatic carbocycles. The van der Waals surface area contributed by atoms with E-state index < -0.39 is 24.0 Å². The van der Waals surface area contributed by atoms with Crippen LogP contribution in [0, 0.1) is 0 Å². The van der Waals surface area contributed by atoms with Crippen molar-refractivity contribution < 1.29 is 24.6 Å². The number of carbonyl (C=O) groups is 2. The molecule has 25 heavy (non-hydrogen) atoms. The maximum absolute atomic E-state index is 12.2. The number of ether oxygens (including phenoxy) is 1. The quantitative estimate of drug-likeness (QED) is 0.467. The molecule has 0 heterocycles. The molecule has 0 saturated heterocycles. The maximum Gasteiger partial charge on any atom is 0.268 e. The van der Waals surface area contributed by atoms with Crippen LogP contribution in [0.1, 0.15) is 17.3 Å². The van der Waals surface area contributed by atoms with Gasteiger partial charge in [0.15, 0.2) is 0 Å². The van der Waals surface area contributed by atoms with E-state index >= 15 is 0 Å². The second-order valence-corrected chi connectivity index (χ2v) is 5.48. The van der Waals surface area contributed by atoms with E-state index in [9.17, 15) is 14.7 Å². The van der Waals surface area contributed by atoms with Crippen molar-refractivity contribution in [3.8, 4) is 16.9 Å². The number of amides is 2. The molecule has 0 aromatic heterocycles. The Bertz CT molecular complexity index is 743. The van der Waals surface area contributed by atoms with Crippen LogP contribution in [-0.2, 0) is 4.79 Å². The summed E-state index contributed by atoms with van der Waals surface area (Å²) in [6.07, 6.45) is -1.16.